The zero-order valence-electron chi connectivity index (χ0n) is 12.1. The molecule has 20 heavy (non-hydrogen) atoms. The largest absolute Gasteiger partial charge is 0.331 e. The fourth-order valence-corrected chi connectivity index (χ4v) is 3.33. The number of nitrogens with two attached hydrogens (primary N) is 1. The number of para-hydroxylation sites is 1. The fourth-order valence-electron chi connectivity index (χ4n) is 2.50. The van der Waals surface area contributed by atoms with Crippen LogP contribution < -0.4 is 5.73 Å². The Balaban J connectivity index is 2.58. The van der Waals surface area contributed by atoms with E-state index in [9.17, 15) is 8.42 Å². The number of benzene rings is 1. The van der Waals surface area contributed by atoms with Crippen molar-refractivity contribution in [2.75, 3.05) is 12.8 Å². The number of aryl methyl sites for hydroxylation is 1. The highest BCUT2D eigenvalue weighted by molar-refractivity contribution is 7.91. The molecule has 0 spiro atoms. The molecule has 2 rings (SSSR count). The Labute approximate surface area is 119 Å². The summed E-state index contributed by atoms with van der Waals surface area (Å²) in [7, 11) is -1.35. The van der Waals surface area contributed by atoms with Crippen molar-refractivity contribution in [3.05, 3.63) is 24.0 Å². The van der Waals surface area contributed by atoms with E-state index in [-0.39, 0.29) is 5.92 Å². The van der Waals surface area contributed by atoms with Crippen LogP contribution in [0.1, 0.15) is 31.5 Å². The highest BCUT2D eigenvalue weighted by Gasteiger charge is 2.19. The molecule has 0 aliphatic carbocycles. The average Bonchev–Trinajstić information content (AvgIpc) is 2.72. The van der Waals surface area contributed by atoms with Gasteiger partial charge in [0, 0.05) is 19.2 Å². The number of imidazole rings is 1. The van der Waals surface area contributed by atoms with Crippen LogP contribution in [0.4, 0.5) is 0 Å². The van der Waals surface area contributed by atoms with Gasteiger partial charge in [0.1, 0.15) is 11.3 Å². The molecule has 1 unspecified atom stereocenters. The van der Waals surface area contributed by atoms with E-state index in [2.05, 4.69) is 11.9 Å². The molecule has 0 amide bonds. The summed E-state index contributed by atoms with van der Waals surface area (Å²) in [4.78, 5) is 4.87. The molecule has 0 saturated heterocycles. The lowest BCUT2D eigenvalue weighted by Crippen LogP contribution is -2.06. The zero-order chi connectivity index (χ0) is 14.9. The molecular weight excluding hydrogens is 274 g/mol. The standard InChI is InChI=1S/C14H21N3O2S/c1-10(6-5-9-15)14-16-13-11(17(14)2)7-4-8-12(13)20(3,18)19/h4,7-8,10H,5-6,9,15H2,1-3H3. The minimum Gasteiger partial charge on any atom is -0.331 e. The molecule has 5 nitrogen and oxygen atoms in total. The van der Waals surface area contributed by atoms with E-state index in [1.165, 1.54) is 6.26 Å². The fraction of sp³-hybridized carbons (Fsp3) is 0.500. The van der Waals surface area contributed by atoms with Crippen LogP contribution in [0, 0.1) is 0 Å². The second kappa shape index (κ2) is 5.54. The molecule has 0 bridgehead atoms. The molecule has 1 atom stereocenters. The van der Waals surface area contributed by atoms with Crippen LogP contribution in [0.15, 0.2) is 23.1 Å². The van der Waals surface area contributed by atoms with Gasteiger partial charge in [-0.15, -0.1) is 0 Å². The van der Waals surface area contributed by atoms with Crippen LogP contribution in [-0.4, -0.2) is 30.8 Å². The minimum atomic E-state index is -3.27. The van der Waals surface area contributed by atoms with E-state index >= 15 is 0 Å². The van der Waals surface area contributed by atoms with Crippen molar-refractivity contribution >= 4 is 20.9 Å². The van der Waals surface area contributed by atoms with Crippen LogP contribution >= 0.6 is 0 Å². The van der Waals surface area contributed by atoms with Crippen molar-refractivity contribution in [2.24, 2.45) is 12.8 Å². The van der Waals surface area contributed by atoms with Crippen LogP contribution in [0.2, 0.25) is 0 Å². The van der Waals surface area contributed by atoms with Gasteiger partial charge in [-0.1, -0.05) is 13.0 Å². The highest BCUT2D eigenvalue weighted by atomic mass is 32.2. The SMILES string of the molecule is CC(CCCN)c1nc2c(S(C)(=O)=O)cccc2n1C. The van der Waals surface area contributed by atoms with Crippen LogP contribution in [0.5, 0.6) is 0 Å². The lowest BCUT2D eigenvalue weighted by molar-refractivity contribution is 0.591. The van der Waals surface area contributed by atoms with Crippen molar-refractivity contribution in [2.45, 2.75) is 30.6 Å². The van der Waals surface area contributed by atoms with Crippen LogP contribution in [0.25, 0.3) is 11.0 Å². The van der Waals surface area contributed by atoms with Gasteiger partial charge in [0.2, 0.25) is 0 Å². The zero-order valence-corrected chi connectivity index (χ0v) is 12.9. The maximum Gasteiger partial charge on any atom is 0.177 e. The Kier molecular flexibility index (Phi) is 4.15. The first-order valence-electron chi connectivity index (χ1n) is 6.71. The van der Waals surface area contributed by atoms with Gasteiger partial charge in [0.05, 0.1) is 10.4 Å². The molecular formula is C14H21N3O2S. The second-order valence-electron chi connectivity index (χ2n) is 5.26. The summed E-state index contributed by atoms with van der Waals surface area (Å²) in [5.74, 6) is 1.16. The first kappa shape index (κ1) is 15.0. The van der Waals surface area contributed by atoms with E-state index in [0.717, 1.165) is 24.2 Å². The Hall–Kier alpha value is -1.40. The van der Waals surface area contributed by atoms with Crippen molar-refractivity contribution < 1.29 is 8.42 Å². The van der Waals surface area contributed by atoms with Gasteiger partial charge in [0.25, 0.3) is 0 Å². The summed E-state index contributed by atoms with van der Waals surface area (Å²) >= 11 is 0. The van der Waals surface area contributed by atoms with Gasteiger partial charge in [-0.2, -0.15) is 0 Å². The van der Waals surface area contributed by atoms with E-state index in [1.54, 1.807) is 12.1 Å². The number of sulfone groups is 1. The molecule has 0 fully saturated rings. The summed E-state index contributed by atoms with van der Waals surface area (Å²) in [6.45, 7) is 2.75. The van der Waals surface area contributed by atoms with Gasteiger partial charge in [-0.25, -0.2) is 13.4 Å². The molecule has 1 aromatic heterocycles. The maximum absolute atomic E-state index is 11.8. The van der Waals surface area contributed by atoms with E-state index < -0.39 is 9.84 Å². The number of hydrogen-bond donors (Lipinski definition) is 1. The summed E-state index contributed by atoms with van der Waals surface area (Å²) in [5.41, 5.74) is 6.95. The topological polar surface area (TPSA) is 78.0 Å². The predicted molar refractivity (Wildman–Crippen MR) is 80.5 cm³/mol. The van der Waals surface area contributed by atoms with Gasteiger partial charge < -0.3 is 10.3 Å². The number of rotatable bonds is 5. The van der Waals surface area contributed by atoms with Crippen molar-refractivity contribution in [1.29, 1.82) is 0 Å². The molecule has 6 heteroatoms. The van der Waals surface area contributed by atoms with E-state index in [4.69, 9.17) is 5.73 Å². The number of nitrogens with zero attached hydrogens (tertiary/aromatic N) is 2. The normalized spacial score (nSPS) is 13.8. The van der Waals surface area contributed by atoms with Crippen LogP contribution in [0.3, 0.4) is 0 Å². The monoisotopic (exact) mass is 295 g/mol. The first-order chi connectivity index (χ1) is 9.36. The maximum atomic E-state index is 11.8. The summed E-state index contributed by atoms with van der Waals surface area (Å²) in [5, 5.41) is 0. The molecule has 0 aliphatic heterocycles. The van der Waals surface area contributed by atoms with Gasteiger partial charge in [-0.3, -0.25) is 0 Å². The molecule has 0 radical (unpaired) electrons. The van der Waals surface area contributed by atoms with Gasteiger partial charge in [-0.05, 0) is 31.5 Å². The summed E-state index contributed by atoms with van der Waals surface area (Å²) in [6, 6.07) is 5.27. The quantitative estimate of drug-likeness (QED) is 0.912. The summed E-state index contributed by atoms with van der Waals surface area (Å²) in [6.07, 6.45) is 3.10. The van der Waals surface area contributed by atoms with Crippen molar-refractivity contribution in [3.8, 4) is 0 Å². The van der Waals surface area contributed by atoms with Crippen molar-refractivity contribution in [1.82, 2.24) is 9.55 Å². The second-order valence-corrected chi connectivity index (χ2v) is 7.24. The molecule has 1 aromatic carbocycles. The molecule has 110 valence electrons. The van der Waals surface area contributed by atoms with Gasteiger partial charge in [0.15, 0.2) is 9.84 Å². The Morgan fingerprint density at radius 2 is 2.10 bits per heavy atom. The number of fused-ring (bicyclic) bond motifs is 1. The lowest BCUT2D eigenvalue weighted by atomic mass is 10.1. The smallest absolute Gasteiger partial charge is 0.177 e. The predicted octanol–water partition coefficient (Wildman–Crippen LogP) is 1.82. The third-order valence-corrected chi connectivity index (χ3v) is 4.72. The molecule has 2 aromatic rings. The third kappa shape index (κ3) is 2.71. The molecule has 1 heterocycles. The first-order valence-corrected chi connectivity index (χ1v) is 8.61. The summed E-state index contributed by atoms with van der Waals surface area (Å²) < 4.78 is 25.7. The third-order valence-electron chi connectivity index (χ3n) is 3.59. The minimum absolute atomic E-state index is 0.253. The highest BCUT2D eigenvalue weighted by Crippen LogP contribution is 2.27. The molecule has 2 N–H and O–H groups in total. The number of aromatic nitrogens is 2. The lowest BCUT2D eigenvalue weighted by Gasteiger charge is -2.10. The Morgan fingerprint density at radius 1 is 1.40 bits per heavy atom. The van der Waals surface area contributed by atoms with E-state index in [0.29, 0.717) is 17.0 Å². The van der Waals surface area contributed by atoms with Crippen molar-refractivity contribution in [3.63, 3.8) is 0 Å². The Bertz CT molecular complexity index is 719. The number of hydrogen-bond acceptors (Lipinski definition) is 4. The molecule has 0 aliphatic rings. The van der Waals surface area contributed by atoms with Gasteiger partial charge >= 0.3 is 0 Å². The Morgan fingerprint density at radius 3 is 2.70 bits per heavy atom. The van der Waals surface area contributed by atoms with E-state index in [1.807, 2.05) is 17.7 Å². The molecule has 0 saturated carbocycles. The van der Waals surface area contributed by atoms with Crippen LogP contribution in [-0.2, 0) is 16.9 Å². The average molecular weight is 295 g/mol.